The molecule has 0 bridgehead atoms. The van der Waals surface area contributed by atoms with E-state index in [1.54, 1.807) is 0 Å². The molecule has 128 valence electrons. The van der Waals surface area contributed by atoms with Crippen LogP contribution >= 0.6 is 11.8 Å². The van der Waals surface area contributed by atoms with Crippen molar-refractivity contribution in [2.45, 2.75) is 26.7 Å². The van der Waals surface area contributed by atoms with E-state index in [1.165, 1.54) is 5.75 Å². The van der Waals surface area contributed by atoms with Gasteiger partial charge in [-0.3, -0.25) is 9.89 Å². The van der Waals surface area contributed by atoms with Crippen molar-refractivity contribution in [3.05, 3.63) is 41.2 Å². The highest BCUT2D eigenvalue weighted by atomic mass is 32.2. The lowest BCUT2D eigenvalue weighted by atomic mass is 9.97. The van der Waals surface area contributed by atoms with Crippen LogP contribution < -0.4 is 0 Å². The van der Waals surface area contributed by atoms with Crippen LogP contribution in [0.1, 0.15) is 34.6 Å². The topological polar surface area (TPSA) is 49.0 Å². The standard InChI is InChI=1S/C19H25N3OS/c1-13-18(14(2)21-20-13)16-5-4-6-17(11-16)19(23)22-9-7-15(8-10-22)12-24-3/h4-6,11,15H,7-10,12H2,1-3H3,(H,20,21). The van der Waals surface area contributed by atoms with Crippen LogP contribution in [0, 0.1) is 19.8 Å². The summed E-state index contributed by atoms with van der Waals surface area (Å²) in [6, 6.07) is 7.94. The Labute approximate surface area is 148 Å². The van der Waals surface area contributed by atoms with E-state index >= 15 is 0 Å². The van der Waals surface area contributed by atoms with Gasteiger partial charge >= 0.3 is 0 Å². The second kappa shape index (κ2) is 7.43. The Morgan fingerprint density at radius 3 is 2.71 bits per heavy atom. The Kier molecular flexibility index (Phi) is 5.29. The molecule has 1 amide bonds. The van der Waals surface area contributed by atoms with Crippen molar-refractivity contribution in [3.8, 4) is 11.1 Å². The first-order chi connectivity index (χ1) is 11.6. The molecule has 1 fully saturated rings. The van der Waals surface area contributed by atoms with E-state index in [-0.39, 0.29) is 5.91 Å². The molecule has 0 atom stereocenters. The normalized spacial score (nSPS) is 15.7. The van der Waals surface area contributed by atoms with Crippen LogP contribution in [0.5, 0.6) is 0 Å². The first-order valence-electron chi connectivity index (χ1n) is 8.50. The number of aromatic nitrogens is 2. The molecule has 3 rings (SSSR count). The van der Waals surface area contributed by atoms with Gasteiger partial charge in [-0.05, 0) is 62.3 Å². The van der Waals surface area contributed by atoms with Gasteiger partial charge in [0.15, 0.2) is 0 Å². The van der Waals surface area contributed by atoms with Crippen molar-refractivity contribution in [1.29, 1.82) is 0 Å². The molecule has 5 heteroatoms. The van der Waals surface area contributed by atoms with Gasteiger partial charge in [-0.1, -0.05) is 12.1 Å². The predicted molar refractivity (Wildman–Crippen MR) is 101 cm³/mol. The summed E-state index contributed by atoms with van der Waals surface area (Å²) < 4.78 is 0. The van der Waals surface area contributed by atoms with Gasteiger partial charge in [0.1, 0.15) is 0 Å². The quantitative estimate of drug-likeness (QED) is 0.916. The summed E-state index contributed by atoms with van der Waals surface area (Å²) in [5.74, 6) is 2.11. The van der Waals surface area contributed by atoms with Gasteiger partial charge in [0.2, 0.25) is 0 Å². The first kappa shape index (κ1) is 17.1. The number of thioether (sulfide) groups is 1. The number of carbonyl (C=O) groups is 1. The van der Waals surface area contributed by atoms with Crippen molar-refractivity contribution in [2.24, 2.45) is 5.92 Å². The van der Waals surface area contributed by atoms with Crippen molar-refractivity contribution in [1.82, 2.24) is 15.1 Å². The molecule has 0 saturated carbocycles. The second-order valence-corrected chi connectivity index (χ2v) is 7.49. The van der Waals surface area contributed by atoms with Crippen molar-refractivity contribution in [2.75, 3.05) is 25.1 Å². The second-order valence-electron chi connectivity index (χ2n) is 6.58. The highest BCUT2D eigenvalue weighted by molar-refractivity contribution is 7.98. The maximum absolute atomic E-state index is 12.9. The number of hydrogen-bond donors (Lipinski definition) is 1. The summed E-state index contributed by atoms with van der Waals surface area (Å²) in [4.78, 5) is 14.9. The SMILES string of the molecule is CSCC1CCN(C(=O)c2cccc(-c3c(C)n[nH]c3C)c2)CC1. The third kappa shape index (κ3) is 3.51. The number of aryl methyl sites for hydroxylation is 2. The Morgan fingerprint density at radius 2 is 2.08 bits per heavy atom. The molecule has 2 heterocycles. The van der Waals surface area contributed by atoms with E-state index in [1.807, 2.05) is 54.8 Å². The fraction of sp³-hybridized carbons (Fsp3) is 0.474. The molecule has 1 aromatic carbocycles. The van der Waals surface area contributed by atoms with Gasteiger partial charge in [-0.2, -0.15) is 16.9 Å². The van der Waals surface area contributed by atoms with Gasteiger partial charge in [0, 0.05) is 29.9 Å². The molecule has 1 aliphatic rings. The van der Waals surface area contributed by atoms with E-state index in [2.05, 4.69) is 16.5 Å². The zero-order chi connectivity index (χ0) is 17.1. The number of carbonyl (C=O) groups excluding carboxylic acids is 1. The number of likely N-dealkylation sites (tertiary alicyclic amines) is 1. The molecule has 0 radical (unpaired) electrons. The van der Waals surface area contributed by atoms with Crippen LogP contribution in [-0.4, -0.2) is 46.1 Å². The lowest BCUT2D eigenvalue weighted by Crippen LogP contribution is -2.39. The van der Waals surface area contributed by atoms with Gasteiger partial charge in [-0.15, -0.1) is 0 Å². The van der Waals surface area contributed by atoms with Gasteiger partial charge in [0.25, 0.3) is 5.91 Å². The van der Waals surface area contributed by atoms with Crippen LogP contribution in [0.4, 0.5) is 0 Å². The minimum Gasteiger partial charge on any atom is -0.339 e. The third-order valence-corrected chi connectivity index (χ3v) is 5.64. The molecular formula is C19H25N3OS. The Morgan fingerprint density at radius 1 is 1.33 bits per heavy atom. The number of rotatable bonds is 4. The van der Waals surface area contributed by atoms with E-state index in [0.29, 0.717) is 0 Å². The number of nitrogens with zero attached hydrogens (tertiary/aromatic N) is 2. The molecule has 0 unspecified atom stereocenters. The van der Waals surface area contributed by atoms with Crippen molar-refractivity contribution in [3.63, 3.8) is 0 Å². The maximum atomic E-state index is 12.9. The minimum atomic E-state index is 0.151. The lowest BCUT2D eigenvalue weighted by molar-refractivity contribution is 0.0699. The average Bonchev–Trinajstić information content (AvgIpc) is 2.94. The molecule has 24 heavy (non-hydrogen) atoms. The zero-order valence-electron chi connectivity index (χ0n) is 14.6. The van der Waals surface area contributed by atoms with Crippen LogP contribution in [-0.2, 0) is 0 Å². The Bertz CT molecular complexity index is 698. The molecule has 1 aliphatic heterocycles. The van der Waals surface area contributed by atoms with E-state index in [9.17, 15) is 4.79 Å². The van der Waals surface area contributed by atoms with Crippen molar-refractivity contribution >= 4 is 17.7 Å². The number of amides is 1. The largest absolute Gasteiger partial charge is 0.339 e. The fourth-order valence-corrected chi connectivity index (χ4v) is 4.31. The molecule has 0 spiro atoms. The maximum Gasteiger partial charge on any atom is 0.253 e. The number of nitrogens with one attached hydrogen (secondary N) is 1. The van der Waals surface area contributed by atoms with Crippen LogP contribution in [0.15, 0.2) is 24.3 Å². The van der Waals surface area contributed by atoms with Crippen molar-refractivity contribution < 1.29 is 4.79 Å². The van der Waals surface area contributed by atoms with Gasteiger partial charge in [-0.25, -0.2) is 0 Å². The molecule has 1 aromatic heterocycles. The van der Waals surface area contributed by atoms with E-state index in [4.69, 9.17) is 0 Å². The summed E-state index contributed by atoms with van der Waals surface area (Å²) in [7, 11) is 0. The summed E-state index contributed by atoms with van der Waals surface area (Å²) in [5, 5.41) is 7.28. The zero-order valence-corrected chi connectivity index (χ0v) is 15.4. The summed E-state index contributed by atoms with van der Waals surface area (Å²) >= 11 is 1.90. The van der Waals surface area contributed by atoms with Gasteiger partial charge < -0.3 is 4.90 Å². The van der Waals surface area contributed by atoms with Gasteiger partial charge in [0.05, 0.1) is 5.69 Å². The summed E-state index contributed by atoms with van der Waals surface area (Å²) in [5.41, 5.74) is 4.94. The highest BCUT2D eigenvalue weighted by Gasteiger charge is 2.23. The van der Waals surface area contributed by atoms with Crippen LogP contribution in [0.3, 0.4) is 0 Å². The third-order valence-electron chi connectivity index (χ3n) is 4.83. The number of piperidine rings is 1. The predicted octanol–water partition coefficient (Wildman–Crippen LogP) is 3.91. The highest BCUT2D eigenvalue weighted by Crippen LogP contribution is 2.27. The first-order valence-corrected chi connectivity index (χ1v) is 9.89. The Balaban J connectivity index is 1.76. The van der Waals surface area contributed by atoms with Crippen LogP contribution in [0.25, 0.3) is 11.1 Å². The van der Waals surface area contributed by atoms with E-state index in [0.717, 1.165) is 59.9 Å². The average molecular weight is 343 g/mol. The smallest absolute Gasteiger partial charge is 0.253 e. The molecule has 1 N–H and O–H groups in total. The number of hydrogen-bond acceptors (Lipinski definition) is 3. The molecule has 1 saturated heterocycles. The fourth-order valence-electron chi connectivity index (χ4n) is 3.50. The number of benzene rings is 1. The minimum absolute atomic E-state index is 0.151. The van der Waals surface area contributed by atoms with E-state index < -0.39 is 0 Å². The lowest BCUT2D eigenvalue weighted by Gasteiger charge is -2.31. The summed E-state index contributed by atoms with van der Waals surface area (Å²) in [6.07, 6.45) is 4.39. The summed E-state index contributed by atoms with van der Waals surface area (Å²) in [6.45, 7) is 5.75. The molecule has 2 aromatic rings. The molecule has 0 aliphatic carbocycles. The van der Waals surface area contributed by atoms with Crippen LogP contribution in [0.2, 0.25) is 0 Å². The molecule has 4 nitrogen and oxygen atoms in total. The number of H-pyrrole nitrogens is 1. The molecular weight excluding hydrogens is 318 g/mol. The number of aromatic amines is 1. The monoisotopic (exact) mass is 343 g/mol. The Hall–Kier alpha value is -1.75.